The normalized spacial score (nSPS) is 12.0. The van der Waals surface area contributed by atoms with Gasteiger partial charge in [0.2, 0.25) is 5.91 Å². The number of rotatable bonds is 5. The Morgan fingerprint density at radius 3 is 2.52 bits per heavy atom. The molecule has 110 valence electrons. The fraction of sp³-hybridized carbons (Fsp3) is 0.235. The first-order valence-corrected chi connectivity index (χ1v) is 7.22. The van der Waals surface area contributed by atoms with E-state index < -0.39 is 0 Å². The van der Waals surface area contributed by atoms with Gasteiger partial charge in [-0.1, -0.05) is 41.9 Å². The van der Waals surface area contributed by atoms with E-state index in [0.29, 0.717) is 17.9 Å². The summed E-state index contributed by atoms with van der Waals surface area (Å²) >= 11 is 6.06. The van der Waals surface area contributed by atoms with Crippen molar-refractivity contribution < 1.29 is 9.18 Å². The van der Waals surface area contributed by atoms with Crippen LogP contribution in [0.25, 0.3) is 0 Å². The second-order valence-electron chi connectivity index (χ2n) is 4.93. The third-order valence-corrected chi connectivity index (χ3v) is 3.70. The zero-order valence-electron chi connectivity index (χ0n) is 11.8. The summed E-state index contributed by atoms with van der Waals surface area (Å²) in [6, 6.07) is 13.5. The number of carbonyl (C=O) groups is 1. The van der Waals surface area contributed by atoms with E-state index >= 15 is 0 Å². The molecule has 0 aromatic heterocycles. The molecule has 2 rings (SSSR count). The van der Waals surface area contributed by atoms with Gasteiger partial charge in [0.05, 0.1) is 6.04 Å². The molecule has 0 aliphatic carbocycles. The summed E-state index contributed by atoms with van der Waals surface area (Å²) in [7, 11) is 0. The van der Waals surface area contributed by atoms with Crippen LogP contribution in [0.4, 0.5) is 4.39 Å². The third kappa shape index (κ3) is 4.57. The minimum atomic E-state index is -0.281. The van der Waals surface area contributed by atoms with Crippen molar-refractivity contribution in [2.24, 2.45) is 0 Å². The van der Waals surface area contributed by atoms with Crippen LogP contribution in [0.5, 0.6) is 0 Å². The SMILES string of the molecule is CC(NC(=O)CCc1ccccc1Cl)c1ccc(F)cc1. The molecule has 1 amide bonds. The maximum absolute atomic E-state index is 12.9. The van der Waals surface area contributed by atoms with Crippen LogP contribution in [-0.2, 0) is 11.2 Å². The van der Waals surface area contributed by atoms with Gasteiger partial charge in [-0.2, -0.15) is 0 Å². The molecule has 0 aliphatic heterocycles. The summed E-state index contributed by atoms with van der Waals surface area (Å²) < 4.78 is 12.9. The summed E-state index contributed by atoms with van der Waals surface area (Å²) in [6.07, 6.45) is 0.969. The molecule has 2 aromatic carbocycles. The lowest BCUT2D eigenvalue weighted by Gasteiger charge is -2.14. The molecular formula is C17H17ClFNO. The molecule has 0 saturated heterocycles. The average Bonchev–Trinajstić information content (AvgIpc) is 2.47. The van der Waals surface area contributed by atoms with Gasteiger partial charge in [-0.05, 0) is 42.7 Å². The molecule has 1 N–H and O–H groups in total. The highest BCUT2D eigenvalue weighted by Crippen LogP contribution is 2.17. The van der Waals surface area contributed by atoms with Crippen LogP contribution in [0.1, 0.15) is 30.5 Å². The Labute approximate surface area is 128 Å². The van der Waals surface area contributed by atoms with Crippen molar-refractivity contribution in [1.82, 2.24) is 5.32 Å². The Morgan fingerprint density at radius 1 is 1.19 bits per heavy atom. The monoisotopic (exact) mass is 305 g/mol. The van der Waals surface area contributed by atoms with E-state index in [9.17, 15) is 9.18 Å². The smallest absolute Gasteiger partial charge is 0.220 e. The Bertz CT molecular complexity index is 612. The van der Waals surface area contributed by atoms with E-state index in [2.05, 4.69) is 5.32 Å². The minimum Gasteiger partial charge on any atom is -0.350 e. The van der Waals surface area contributed by atoms with Crippen LogP contribution in [0.2, 0.25) is 5.02 Å². The predicted octanol–water partition coefficient (Wildman–Crippen LogP) is 4.29. The number of hydrogen-bond donors (Lipinski definition) is 1. The number of carbonyl (C=O) groups excluding carboxylic acids is 1. The van der Waals surface area contributed by atoms with Gasteiger partial charge in [0.25, 0.3) is 0 Å². The minimum absolute atomic E-state index is 0.0493. The lowest BCUT2D eigenvalue weighted by atomic mass is 10.1. The van der Waals surface area contributed by atoms with E-state index in [4.69, 9.17) is 11.6 Å². The maximum atomic E-state index is 12.9. The molecule has 21 heavy (non-hydrogen) atoms. The molecule has 0 aliphatic rings. The number of hydrogen-bond acceptors (Lipinski definition) is 1. The second-order valence-corrected chi connectivity index (χ2v) is 5.34. The van der Waals surface area contributed by atoms with Gasteiger partial charge < -0.3 is 5.32 Å². The van der Waals surface area contributed by atoms with Crippen molar-refractivity contribution in [1.29, 1.82) is 0 Å². The van der Waals surface area contributed by atoms with Crippen LogP contribution in [-0.4, -0.2) is 5.91 Å². The van der Waals surface area contributed by atoms with E-state index in [-0.39, 0.29) is 17.8 Å². The van der Waals surface area contributed by atoms with E-state index in [1.807, 2.05) is 31.2 Å². The largest absolute Gasteiger partial charge is 0.350 e. The molecule has 0 bridgehead atoms. The average molecular weight is 306 g/mol. The van der Waals surface area contributed by atoms with Gasteiger partial charge in [-0.15, -0.1) is 0 Å². The highest BCUT2D eigenvalue weighted by Gasteiger charge is 2.10. The lowest BCUT2D eigenvalue weighted by molar-refractivity contribution is -0.121. The summed E-state index contributed by atoms with van der Waals surface area (Å²) in [5.74, 6) is -0.331. The van der Waals surface area contributed by atoms with Crippen LogP contribution >= 0.6 is 11.6 Å². The van der Waals surface area contributed by atoms with Gasteiger partial charge in [-0.3, -0.25) is 4.79 Å². The summed E-state index contributed by atoms with van der Waals surface area (Å²) in [6.45, 7) is 1.88. The molecule has 4 heteroatoms. The molecule has 0 radical (unpaired) electrons. The Balaban J connectivity index is 1.87. The molecule has 0 spiro atoms. The fourth-order valence-electron chi connectivity index (χ4n) is 2.10. The summed E-state index contributed by atoms with van der Waals surface area (Å²) in [4.78, 5) is 12.0. The van der Waals surface area contributed by atoms with Gasteiger partial charge in [0.1, 0.15) is 5.82 Å². The van der Waals surface area contributed by atoms with Crippen molar-refractivity contribution in [3.05, 3.63) is 70.5 Å². The topological polar surface area (TPSA) is 29.1 Å². The fourth-order valence-corrected chi connectivity index (χ4v) is 2.33. The molecule has 1 unspecified atom stereocenters. The number of nitrogens with one attached hydrogen (secondary N) is 1. The quantitative estimate of drug-likeness (QED) is 0.877. The van der Waals surface area contributed by atoms with E-state index in [0.717, 1.165) is 11.1 Å². The molecule has 0 heterocycles. The van der Waals surface area contributed by atoms with E-state index in [1.165, 1.54) is 12.1 Å². The van der Waals surface area contributed by atoms with Gasteiger partial charge in [-0.25, -0.2) is 4.39 Å². The van der Waals surface area contributed by atoms with Crippen LogP contribution in [0.15, 0.2) is 48.5 Å². The molecule has 0 fully saturated rings. The van der Waals surface area contributed by atoms with E-state index in [1.54, 1.807) is 12.1 Å². The Hall–Kier alpha value is -1.87. The van der Waals surface area contributed by atoms with Gasteiger partial charge >= 0.3 is 0 Å². The van der Waals surface area contributed by atoms with Crippen molar-refractivity contribution in [2.45, 2.75) is 25.8 Å². The summed E-state index contributed by atoms with van der Waals surface area (Å²) in [5, 5.41) is 3.58. The molecule has 0 saturated carbocycles. The lowest BCUT2D eigenvalue weighted by Crippen LogP contribution is -2.26. The first kappa shape index (κ1) is 15.5. The number of halogens is 2. The standard InChI is InChI=1S/C17H17ClFNO/c1-12(13-6-9-15(19)10-7-13)20-17(21)11-8-14-4-2-3-5-16(14)18/h2-7,9-10,12H,8,11H2,1H3,(H,20,21). The predicted molar refractivity (Wildman–Crippen MR) is 82.7 cm³/mol. The molecule has 1 atom stereocenters. The van der Waals surface area contributed by atoms with Crippen molar-refractivity contribution >= 4 is 17.5 Å². The van der Waals surface area contributed by atoms with Crippen molar-refractivity contribution in [2.75, 3.05) is 0 Å². The van der Waals surface area contributed by atoms with Crippen LogP contribution in [0.3, 0.4) is 0 Å². The van der Waals surface area contributed by atoms with Crippen LogP contribution in [0, 0.1) is 5.82 Å². The highest BCUT2D eigenvalue weighted by atomic mass is 35.5. The van der Waals surface area contributed by atoms with Crippen molar-refractivity contribution in [3.8, 4) is 0 Å². The molecule has 2 aromatic rings. The first-order valence-electron chi connectivity index (χ1n) is 6.84. The Kier molecular flexibility index (Phi) is 5.34. The first-order chi connectivity index (χ1) is 10.1. The van der Waals surface area contributed by atoms with Crippen LogP contribution < -0.4 is 5.32 Å². The second kappa shape index (κ2) is 7.23. The van der Waals surface area contributed by atoms with Gasteiger partial charge in [0.15, 0.2) is 0 Å². The number of aryl methyl sites for hydroxylation is 1. The Morgan fingerprint density at radius 2 is 1.86 bits per heavy atom. The van der Waals surface area contributed by atoms with Gasteiger partial charge in [0, 0.05) is 11.4 Å². The number of amides is 1. The number of benzene rings is 2. The highest BCUT2D eigenvalue weighted by molar-refractivity contribution is 6.31. The molecular weight excluding hydrogens is 289 g/mol. The van der Waals surface area contributed by atoms with Crippen molar-refractivity contribution in [3.63, 3.8) is 0 Å². The zero-order valence-corrected chi connectivity index (χ0v) is 12.5. The maximum Gasteiger partial charge on any atom is 0.220 e. The third-order valence-electron chi connectivity index (χ3n) is 3.33. The zero-order chi connectivity index (χ0) is 15.2. The summed E-state index contributed by atoms with van der Waals surface area (Å²) in [5.41, 5.74) is 1.84. The molecule has 2 nitrogen and oxygen atoms in total.